The summed E-state index contributed by atoms with van der Waals surface area (Å²) in [6.07, 6.45) is 0. The van der Waals surface area contributed by atoms with Crippen molar-refractivity contribution >= 4 is 27.8 Å². The zero-order chi connectivity index (χ0) is 56.3. The van der Waals surface area contributed by atoms with E-state index in [4.69, 9.17) is 20.6 Å². The Morgan fingerprint density at radius 1 is 0.440 bits per heavy atom. The zero-order valence-corrected chi connectivity index (χ0v) is 26.3. The van der Waals surface area contributed by atoms with Crippen molar-refractivity contribution in [2.45, 2.75) is 19.3 Å². The fourth-order valence-electron chi connectivity index (χ4n) is 6.12. The van der Waals surface area contributed by atoms with Gasteiger partial charge in [0, 0.05) is 22.5 Å². The minimum absolute atomic E-state index is 0.113. The highest BCUT2D eigenvalue weighted by atomic mass is 15.1. The molecule has 0 N–H and O–H groups in total. The maximum absolute atomic E-state index is 10.1. The van der Waals surface area contributed by atoms with Crippen molar-refractivity contribution in [2.75, 3.05) is 4.90 Å². The van der Waals surface area contributed by atoms with E-state index in [-0.39, 0.29) is 33.3 Å². The first-order valence-electron chi connectivity index (χ1n) is 28.3. The first-order chi connectivity index (χ1) is 35.3. The van der Waals surface area contributed by atoms with Gasteiger partial charge in [0.05, 0.1) is 35.6 Å². The molecule has 0 heterocycles. The van der Waals surface area contributed by atoms with E-state index < -0.39 is 213 Å². The summed E-state index contributed by atoms with van der Waals surface area (Å²) >= 11 is 0. The van der Waals surface area contributed by atoms with E-state index in [0.29, 0.717) is 0 Å². The molecular weight excluding hydrogens is 603 g/mol. The molecule has 1 nitrogen and oxygen atoms in total. The van der Waals surface area contributed by atoms with Gasteiger partial charge in [-0.25, -0.2) is 0 Å². The number of hydrogen-bond acceptors (Lipinski definition) is 1. The Balaban J connectivity index is 1.48. The molecular formula is C49H37N. The number of para-hydroxylation sites is 1. The fraction of sp³-hybridized carbons (Fsp3) is 0.0612. The maximum Gasteiger partial charge on any atom is 0.0651 e. The predicted octanol–water partition coefficient (Wildman–Crippen LogP) is 13.6. The lowest BCUT2D eigenvalue weighted by molar-refractivity contribution is 0.645. The number of hydrogen-bond donors (Lipinski definition) is 0. The minimum Gasteiger partial charge on any atom is -0.310 e. The van der Waals surface area contributed by atoms with Crippen molar-refractivity contribution < 1.29 is 35.6 Å². The van der Waals surface area contributed by atoms with E-state index in [2.05, 4.69) is 0 Å². The summed E-state index contributed by atoms with van der Waals surface area (Å²) in [4.78, 5) is 0.895. The van der Waals surface area contributed by atoms with Crippen molar-refractivity contribution in [2.24, 2.45) is 0 Å². The molecule has 0 aromatic heterocycles. The van der Waals surface area contributed by atoms with Gasteiger partial charge in [0.2, 0.25) is 0 Å². The van der Waals surface area contributed by atoms with Gasteiger partial charge >= 0.3 is 0 Å². The molecule has 1 aliphatic carbocycles. The van der Waals surface area contributed by atoms with Crippen molar-refractivity contribution in [3.8, 4) is 44.5 Å². The topological polar surface area (TPSA) is 3.24 Å². The van der Waals surface area contributed by atoms with E-state index >= 15 is 0 Å². The second-order valence-corrected chi connectivity index (χ2v) is 11.7. The van der Waals surface area contributed by atoms with Crippen LogP contribution in [0.1, 0.15) is 60.6 Å². The van der Waals surface area contributed by atoms with Gasteiger partial charge in [-0.3, -0.25) is 0 Å². The first-order valence-corrected chi connectivity index (χ1v) is 15.3. The van der Waals surface area contributed by atoms with Gasteiger partial charge in [0.25, 0.3) is 0 Å². The normalized spacial score (nSPS) is 20.0. The van der Waals surface area contributed by atoms with E-state index in [1.807, 2.05) is 0 Å². The summed E-state index contributed by atoms with van der Waals surface area (Å²) in [5, 5.41) is -0.598. The van der Waals surface area contributed by atoms with Crippen molar-refractivity contribution in [1.82, 2.24) is 0 Å². The Morgan fingerprint density at radius 3 is 2.04 bits per heavy atom. The molecule has 0 unspecified atom stereocenters. The van der Waals surface area contributed by atoms with E-state index in [1.165, 1.54) is 13.8 Å². The van der Waals surface area contributed by atoms with Gasteiger partial charge < -0.3 is 4.90 Å². The fourth-order valence-corrected chi connectivity index (χ4v) is 6.12. The summed E-state index contributed by atoms with van der Waals surface area (Å²) in [7, 11) is 0. The monoisotopic (exact) mass is 665 g/mol. The third kappa shape index (κ3) is 5.02. The number of fused-ring (bicyclic) bond motifs is 2. The highest BCUT2D eigenvalue weighted by molar-refractivity contribution is 6.10. The molecule has 0 saturated carbocycles. The summed E-state index contributed by atoms with van der Waals surface area (Å²) in [6, 6.07) is -13.8. The molecule has 9 rings (SSSR count). The van der Waals surface area contributed by atoms with E-state index in [1.54, 1.807) is 0 Å². The SMILES string of the molecule is [2H]c1cc(N(c2cc([2H])c(-c3c([2H])c([2H])c([2H])c([2H])c3[2H])c([2H])c2)c2c([2H])cc([2H])c(-c3c([2H])c([2H])c4c([2H])c([2H])c([2H])c5c4c3-c3c([2H])c(-c4c([2H])cc([2H])c([2H])c4[2H])c([2H])c([2H])c3C5(C)C)c2[2H])c([2H])c([2H])c1[2H]. The number of rotatable bonds is 6. The lowest BCUT2D eigenvalue weighted by Gasteiger charge is -2.36. The maximum atomic E-state index is 10.1. The standard InChI is InChI=1S/C49H37N/c1-49(2)45-31-27-38(35-16-8-4-9-17-35)33-44(45)48-43(30-26-37-18-13-23-46(49)47(37)48)39-19-12-22-42(32-39)50(40-20-10-5-11-21-40)41-28-24-36(25-29-41)34-14-6-3-7-15-34/h3-33H,1-2H3/i3D,4D,5D,6D,7D,8D,10D,11D,13D,14D,15D,16D,17D,18D,19D,20D,22D,23D,24D,25D,26D,27D,30D,31D,32D,33D. The van der Waals surface area contributed by atoms with Crippen molar-refractivity contribution in [1.29, 1.82) is 0 Å². The molecule has 0 bridgehead atoms. The van der Waals surface area contributed by atoms with Crippen LogP contribution in [0.15, 0.2) is 187 Å². The quantitative estimate of drug-likeness (QED) is 0.171. The Bertz CT molecular complexity index is 3940. The molecule has 50 heavy (non-hydrogen) atoms. The van der Waals surface area contributed by atoms with Crippen LogP contribution in [-0.4, -0.2) is 0 Å². The smallest absolute Gasteiger partial charge is 0.0651 e. The van der Waals surface area contributed by atoms with Gasteiger partial charge in [0.1, 0.15) is 0 Å². The van der Waals surface area contributed by atoms with Crippen LogP contribution in [-0.2, 0) is 5.41 Å². The molecule has 0 radical (unpaired) electrons. The predicted molar refractivity (Wildman–Crippen MR) is 213 cm³/mol. The van der Waals surface area contributed by atoms with E-state index in [0.717, 1.165) is 35.2 Å². The molecule has 8 aromatic carbocycles. The molecule has 1 aliphatic rings. The van der Waals surface area contributed by atoms with Crippen LogP contribution in [0, 0.1) is 0 Å². The second-order valence-electron chi connectivity index (χ2n) is 11.7. The molecule has 0 amide bonds. The Morgan fingerprint density at radius 2 is 1.18 bits per heavy atom. The molecule has 0 saturated heterocycles. The molecule has 0 atom stereocenters. The van der Waals surface area contributed by atoms with Crippen LogP contribution in [0.5, 0.6) is 0 Å². The third-order valence-corrected chi connectivity index (χ3v) is 8.45. The van der Waals surface area contributed by atoms with Gasteiger partial charge in [-0.15, -0.1) is 0 Å². The number of benzene rings is 8. The average molecular weight is 666 g/mol. The van der Waals surface area contributed by atoms with Crippen LogP contribution in [0.4, 0.5) is 17.1 Å². The largest absolute Gasteiger partial charge is 0.310 e. The lowest BCUT2D eigenvalue weighted by atomic mass is 9.67. The van der Waals surface area contributed by atoms with Gasteiger partial charge in [-0.05, 0) is 109 Å². The van der Waals surface area contributed by atoms with Crippen LogP contribution < -0.4 is 4.90 Å². The van der Waals surface area contributed by atoms with Crippen LogP contribution in [0.25, 0.3) is 55.3 Å². The van der Waals surface area contributed by atoms with Gasteiger partial charge in [-0.1, -0.05) is 159 Å². The van der Waals surface area contributed by atoms with E-state index in [9.17, 15) is 15.1 Å². The van der Waals surface area contributed by atoms with Crippen LogP contribution in [0.2, 0.25) is 0 Å². The first kappa shape index (κ1) is 13.3. The highest BCUT2D eigenvalue weighted by Crippen LogP contribution is 2.53. The average Bonchev–Trinajstić information content (AvgIpc) is 3.36. The van der Waals surface area contributed by atoms with Crippen molar-refractivity contribution in [3.05, 3.63) is 199 Å². The molecule has 1 heteroatoms. The summed E-state index contributed by atoms with van der Waals surface area (Å²) in [5.41, 5.74) is -7.38. The Labute approximate surface area is 331 Å². The Hall–Kier alpha value is -6.18. The zero-order valence-electron chi connectivity index (χ0n) is 52.3. The summed E-state index contributed by atoms with van der Waals surface area (Å²) < 4.78 is 234. The van der Waals surface area contributed by atoms with Crippen LogP contribution in [0.3, 0.4) is 0 Å². The van der Waals surface area contributed by atoms with Crippen molar-refractivity contribution in [3.63, 3.8) is 0 Å². The molecule has 0 fully saturated rings. The highest BCUT2D eigenvalue weighted by Gasteiger charge is 2.35. The Kier molecular flexibility index (Phi) is 3.20. The lowest BCUT2D eigenvalue weighted by Crippen LogP contribution is -2.24. The summed E-state index contributed by atoms with van der Waals surface area (Å²) in [6.45, 7) is 3.01. The molecule has 8 aromatic rings. The molecule has 0 spiro atoms. The van der Waals surface area contributed by atoms with Crippen LogP contribution >= 0.6 is 0 Å². The van der Waals surface area contributed by atoms with Gasteiger partial charge in [-0.2, -0.15) is 0 Å². The number of anilines is 3. The third-order valence-electron chi connectivity index (χ3n) is 8.45. The molecule has 238 valence electrons. The number of nitrogens with zero attached hydrogens (tertiary/aromatic N) is 1. The second kappa shape index (κ2) is 12.1. The molecule has 0 aliphatic heterocycles. The minimum atomic E-state index is -1.66. The summed E-state index contributed by atoms with van der Waals surface area (Å²) in [5.74, 6) is 0. The van der Waals surface area contributed by atoms with Gasteiger partial charge in [0.15, 0.2) is 0 Å².